The second-order valence-electron chi connectivity index (χ2n) is 6.46. The maximum Gasteiger partial charge on any atom is 0.119 e. The largest absolute Gasteiger partial charge is 0.494 e. The highest BCUT2D eigenvalue weighted by Gasteiger charge is 2.24. The van der Waals surface area contributed by atoms with Gasteiger partial charge in [-0.05, 0) is 49.1 Å². The zero-order chi connectivity index (χ0) is 15.1. The van der Waals surface area contributed by atoms with Crippen molar-refractivity contribution in [3.8, 4) is 5.75 Å². The Bertz CT molecular complexity index is 398. The van der Waals surface area contributed by atoms with Crippen LogP contribution >= 0.6 is 15.9 Å². The van der Waals surface area contributed by atoms with Crippen LogP contribution in [0.3, 0.4) is 0 Å². The molecule has 0 aromatic heterocycles. The van der Waals surface area contributed by atoms with Gasteiger partial charge in [0, 0.05) is 10.5 Å². The van der Waals surface area contributed by atoms with Crippen LogP contribution in [-0.4, -0.2) is 19.2 Å². The highest BCUT2D eigenvalue weighted by atomic mass is 79.9. The number of rotatable bonds is 8. The highest BCUT2D eigenvalue weighted by molar-refractivity contribution is 9.10. The molecule has 1 aliphatic carbocycles. The van der Waals surface area contributed by atoms with Crippen molar-refractivity contribution in [1.82, 2.24) is 5.32 Å². The third kappa shape index (κ3) is 5.99. The van der Waals surface area contributed by atoms with E-state index in [4.69, 9.17) is 4.74 Å². The van der Waals surface area contributed by atoms with Gasteiger partial charge in [0.25, 0.3) is 0 Å². The number of hydrogen-bond acceptors (Lipinski definition) is 2. The molecule has 0 bridgehead atoms. The second kappa shape index (κ2) is 8.79. The zero-order valence-corrected chi connectivity index (χ0v) is 14.9. The lowest BCUT2D eigenvalue weighted by Gasteiger charge is -2.25. The first-order valence-corrected chi connectivity index (χ1v) is 9.06. The molecule has 1 fully saturated rings. The smallest absolute Gasteiger partial charge is 0.119 e. The summed E-state index contributed by atoms with van der Waals surface area (Å²) in [5, 5.41) is 3.62. The van der Waals surface area contributed by atoms with Crippen molar-refractivity contribution in [3.05, 3.63) is 28.7 Å². The number of halogens is 1. The summed E-state index contributed by atoms with van der Waals surface area (Å²) >= 11 is 3.45. The van der Waals surface area contributed by atoms with Crippen molar-refractivity contribution in [2.45, 2.75) is 52.0 Å². The van der Waals surface area contributed by atoms with E-state index in [0.717, 1.165) is 41.6 Å². The molecule has 1 N–H and O–H groups in total. The number of hydrogen-bond donors (Lipinski definition) is 1. The van der Waals surface area contributed by atoms with Crippen LogP contribution < -0.4 is 10.1 Å². The molecule has 0 saturated heterocycles. The van der Waals surface area contributed by atoms with Gasteiger partial charge in [-0.3, -0.25) is 0 Å². The van der Waals surface area contributed by atoms with E-state index in [0.29, 0.717) is 6.04 Å². The molecule has 1 unspecified atom stereocenters. The van der Waals surface area contributed by atoms with Gasteiger partial charge in [-0.1, -0.05) is 55.5 Å². The van der Waals surface area contributed by atoms with Crippen LogP contribution in [0.15, 0.2) is 28.7 Å². The molecule has 0 radical (unpaired) electrons. The van der Waals surface area contributed by atoms with E-state index in [1.54, 1.807) is 0 Å². The molecule has 2 nitrogen and oxygen atoms in total. The minimum absolute atomic E-state index is 0.571. The van der Waals surface area contributed by atoms with E-state index >= 15 is 0 Å². The summed E-state index contributed by atoms with van der Waals surface area (Å²) in [5.74, 6) is 2.62. The zero-order valence-electron chi connectivity index (χ0n) is 13.3. The fourth-order valence-corrected chi connectivity index (χ4v) is 3.44. The molecule has 0 spiro atoms. The van der Waals surface area contributed by atoms with E-state index in [1.165, 1.54) is 25.7 Å². The maximum absolute atomic E-state index is 5.91. The van der Waals surface area contributed by atoms with Gasteiger partial charge in [0.05, 0.1) is 6.61 Å². The Hall–Kier alpha value is -0.540. The summed E-state index contributed by atoms with van der Waals surface area (Å²) < 4.78 is 7.01. The number of nitrogens with one attached hydrogen (secondary N) is 1. The van der Waals surface area contributed by atoms with Gasteiger partial charge in [0.1, 0.15) is 5.75 Å². The van der Waals surface area contributed by atoms with E-state index in [2.05, 4.69) is 35.1 Å². The molecule has 1 aliphatic rings. The molecule has 1 aromatic rings. The molecule has 1 aromatic carbocycles. The summed E-state index contributed by atoms with van der Waals surface area (Å²) in [6.07, 6.45) is 6.79. The van der Waals surface area contributed by atoms with Crippen LogP contribution in [0.2, 0.25) is 0 Å². The van der Waals surface area contributed by atoms with Crippen molar-refractivity contribution in [2.24, 2.45) is 11.8 Å². The summed E-state index contributed by atoms with van der Waals surface area (Å²) in [4.78, 5) is 0. The van der Waals surface area contributed by atoms with Gasteiger partial charge < -0.3 is 10.1 Å². The Balaban J connectivity index is 1.78. The van der Waals surface area contributed by atoms with Crippen molar-refractivity contribution in [1.29, 1.82) is 0 Å². The van der Waals surface area contributed by atoms with Crippen LogP contribution in [0.4, 0.5) is 0 Å². The molecule has 1 saturated carbocycles. The predicted octanol–water partition coefficient (Wildman–Crippen LogP) is 5.02. The standard InChI is InChI=1S/C18H28BrNO/c1-14(2)20-13-16(15-5-3-4-6-15)11-12-21-18-9-7-17(19)8-10-18/h7-10,14-16,20H,3-6,11-13H2,1-2H3. The lowest BCUT2D eigenvalue weighted by molar-refractivity contribution is 0.227. The Labute approximate surface area is 137 Å². The Morgan fingerprint density at radius 2 is 1.86 bits per heavy atom. The Morgan fingerprint density at radius 3 is 2.48 bits per heavy atom. The lowest BCUT2D eigenvalue weighted by Crippen LogP contribution is -2.32. The van der Waals surface area contributed by atoms with Crippen molar-refractivity contribution in [3.63, 3.8) is 0 Å². The van der Waals surface area contributed by atoms with Crippen LogP contribution in [-0.2, 0) is 0 Å². The quantitative estimate of drug-likeness (QED) is 0.708. The first-order valence-electron chi connectivity index (χ1n) is 8.27. The molecule has 21 heavy (non-hydrogen) atoms. The van der Waals surface area contributed by atoms with Gasteiger partial charge in [-0.15, -0.1) is 0 Å². The Morgan fingerprint density at radius 1 is 1.19 bits per heavy atom. The fraction of sp³-hybridized carbons (Fsp3) is 0.667. The maximum atomic E-state index is 5.91. The van der Waals surface area contributed by atoms with Crippen molar-refractivity contribution in [2.75, 3.05) is 13.2 Å². The van der Waals surface area contributed by atoms with Gasteiger partial charge in [-0.25, -0.2) is 0 Å². The number of benzene rings is 1. The summed E-state index contributed by atoms with van der Waals surface area (Å²) in [7, 11) is 0. The molecular formula is C18H28BrNO. The highest BCUT2D eigenvalue weighted by Crippen LogP contribution is 2.33. The lowest BCUT2D eigenvalue weighted by atomic mass is 9.88. The van der Waals surface area contributed by atoms with E-state index in [9.17, 15) is 0 Å². The van der Waals surface area contributed by atoms with Crippen LogP contribution in [0.5, 0.6) is 5.75 Å². The van der Waals surface area contributed by atoms with Crippen molar-refractivity contribution >= 4 is 15.9 Å². The summed E-state index contributed by atoms with van der Waals surface area (Å²) in [6.45, 7) is 6.41. The molecule has 1 atom stereocenters. The number of ether oxygens (including phenoxy) is 1. The van der Waals surface area contributed by atoms with Crippen molar-refractivity contribution < 1.29 is 4.74 Å². The third-order valence-corrected chi connectivity index (χ3v) is 4.95. The van der Waals surface area contributed by atoms with Crippen LogP contribution in [0, 0.1) is 11.8 Å². The average molecular weight is 354 g/mol. The minimum atomic E-state index is 0.571. The van der Waals surface area contributed by atoms with Gasteiger partial charge in [0.15, 0.2) is 0 Å². The monoisotopic (exact) mass is 353 g/mol. The molecule has 118 valence electrons. The molecule has 0 amide bonds. The van der Waals surface area contributed by atoms with E-state index in [1.807, 2.05) is 24.3 Å². The minimum Gasteiger partial charge on any atom is -0.494 e. The van der Waals surface area contributed by atoms with Gasteiger partial charge >= 0.3 is 0 Å². The van der Waals surface area contributed by atoms with Crippen LogP contribution in [0.25, 0.3) is 0 Å². The van der Waals surface area contributed by atoms with Gasteiger partial charge in [-0.2, -0.15) is 0 Å². The second-order valence-corrected chi connectivity index (χ2v) is 7.37. The fourth-order valence-electron chi connectivity index (χ4n) is 3.18. The first-order chi connectivity index (χ1) is 10.1. The van der Waals surface area contributed by atoms with Gasteiger partial charge in [0.2, 0.25) is 0 Å². The average Bonchev–Trinajstić information content (AvgIpc) is 2.98. The van der Waals surface area contributed by atoms with Crippen LogP contribution in [0.1, 0.15) is 46.0 Å². The molecule has 0 heterocycles. The topological polar surface area (TPSA) is 21.3 Å². The SMILES string of the molecule is CC(C)NCC(CCOc1ccc(Br)cc1)C1CCCC1. The normalized spacial score (nSPS) is 17.3. The first kappa shape index (κ1) is 16.8. The predicted molar refractivity (Wildman–Crippen MR) is 92.8 cm³/mol. The third-order valence-electron chi connectivity index (χ3n) is 4.43. The molecular weight excluding hydrogens is 326 g/mol. The Kier molecular flexibility index (Phi) is 7.05. The molecule has 3 heteroatoms. The summed E-state index contributed by atoms with van der Waals surface area (Å²) in [6, 6.07) is 8.69. The van der Waals surface area contributed by atoms with E-state index in [-0.39, 0.29) is 0 Å². The van der Waals surface area contributed by atoms with E-state index < -0.39 is 0 Å². The summed E-state index contributed by atoms with van der Waals surface area (Å²) in [5.41, 5.74) is 0. The molecule has 2 rings (SSSR count). The molecule has 0 aliphatic heterocycles.